The first-order valence-electron chi connectivity index (χ1n) is 14.2. The third-order valence-corrected chi connectivity index (χ3v) is 9.03. The highest BCUT2D eigenvalue weighted by Gasteiger charge is 2.22. The maximum atomic E-state index is 5.50. The van der Waals surface area contributed by atoms with Crippen molar-refractivity contribution >= 4 is 39.7 Å². The second kappa shape index (κ2) is 12.2. The van der Waals surface area contributed by atoms with Gasteiger partial charge in [-0.1, -0.05) is 35.4 Å². The Morgan fingerprint density at radius 3 is 1.12 bits per heavy atom. The first kappa shape index (κ1) is 29.7. The van der Waals surface area contributed by atoms with E-state index in [1.807, 2.05) is 24.3 Å². The van der Waals surface area contributed by atoms with E-state index in [2.05, 4.69) is 130 Å². The molecule has 5 rings (SSSR count). The van der Waals surface area contributed by atoms with Crippen LogP contribution in [0.15, 0.2) is 84.9 Å². The van der Waals surface area contributed by atoms with Gasteiger partial charge in [-0.2, -0.15) is 0 Å². The van der Waals surface area contributed by atoms with Crippen molar-refractivity contribution in [3.8, 4) is 33.8 Å². The molecule has 0 radical (unpaired) electrons. The summed E-state index contributed by atoms with van der Waals surface area (Å²) < 4.78 is 12.2. The van der Waals surface area contributed by atoms with Crippen molar-refractivity contribution in [3.05, 3.63) is 122 Å². The van der Waals surface area contributed by atoms with Gasteiger partial charge in [0.1, 0.15) is 11.5 Å². The Morgan fingerprint density at radius 1 is 0.476 bits per heavy atom. The quantitative estimate of drug-likeness (QED) is 0.161. The number of halogens is 1. The lowest BCUT2D eigenvalue weighted by molar-refractivity contribution is 0.415. The van der Waals surface area contributed by atoms with Gasteiger partial charge < -0.3 is 14.4 Å². The molecule has 42 heavy (non-hydrogen) atoms. The summed E-state index contributed by atoms with van der Waals surface area (Å²) in [5, 5.41) is 0. The Balaban J connectivity index is 1.86. The van der Waals surface area contributed by atoms with Crippen molar-refractivity contribution < 1.29 is 9.47 Å². The van der Waals surface area contributed by atoms with E-state index in [4.69, 9.17) is 9.47 Å². The normalized spacial score (nSPS) is 11.0. The fourth-order valence-corrected chi connectivity index (χ4v) is 7.07. The van der Waals surface area contributed by atoms with E-state index < -0.39 is 0 Å². The number of rotatable bonds is 7. The molecule has 0 saturated carbocycles. The molecule has 0 aromatic heterocycles. The summed E-state index contributed by atoms with van der Waals surface area (Å²) in [7, 11) is 3.40. The predicted molar refractivity (Wildman–Crippen MR) is 186 cm³/mol. The highest BCUT2D eigenvalue weighted by atomic mass is 127. The zero-order chi connectivity index (χ0) is 30.1. The maximum absolute atomic E-state index is 5.50. The summed E-state index contributed by atoms with van der Waals surface area (Å²) >= 11 is 2.57. The van der Waals surface area contributed by atoms with E-state index in [1.54, 1.807) is 14.2 Å². The standard InChI is InChI=1S/C38H38INO2/c1-23-17-25(3)36(26(4)18-23)34-21-31(22-35(38(34)39)37-27(5)19-24(2)20-28(37)6)40(29-9-13-32(41-7)14-10-29)30-11-15-33(42-8)16-12-30/h9-22H,1-8H3. The molecule has 0 spiro atoms. The molecule has 0 fully saturated rings. The minimum absolute atomic E-state index is 0.828. The van der Waals surface area contributed by atoms with Crippen molar-refractivity contribution in [1.82, 2.24) is 0 Å². The van der Waals surface area contributed by atoms with Crippen molar-refractivity contribution in [2.45, 2.75) is 41.5 Å². The van der Waals surface area contributed by atoms with Crippen LogP contribution in [0.1, 0.15) is 33.4 Å². The lowest BCUT2D eigenvalue weighted by atomic mass is 9.88. The number of nitrogens with zero attached hydrogens (tertiary/aromatic N) is 1. The second-order valence-electron chi connectivity index (χ2n) is 11.1. The minimum atomic E-state index is 0.828. The lowest BCUT2D eigenvalue weighted by Gasteiger charge is -2.28. The average molecular weight is 668 g/mol. The average Bonchev–Trinajstić information content (AvgIpc) is 2.95. The number of hydrogen-bond acceptors (Lipinski definition) is 3. The fourth-order valence-electron chi connectivity index (χ4n) is 6.22. The third-order valence-electron chi connectivity index (χ3n) is 7.87. The fraction of sp³-hybridized carbons (Fsp3) is 0.211. The number of benzene rings is 5. The molecule has 5 aromatic carbocycles. The zero-order valence-corrected chi connectivity index (χ0v) is 27.9. The van der Waals surface area contributed by atoms with Gasteiger partial charge in [-0.05, 0) is 169 Å². The summed E-state index contributed by atoms with van der Waals surface area (Å²) in [6.07, 6.45) is 0. The summed E-state index contributed by atoms with van der Waals surface area (Å²) in [5.74, 6) is 1.66. The van der Waals surface area contributed by atoms with Crippen molar-refractivity contribution in [2.75, 3.05) is 19.1 Å². The molecule has 0 heterocycles. The Hall–Kier alpha value is -3.77. The van der Waals surface area contributed by atoms with E-state index in [-0.39, 0.29) is 0 Å². The number of methoxy groups -OCH3 is 2. The molecule has 0 aliphatic rings. The number of hydrogen-bond donors (Lipinski definition) is 0. The summed E-state index contributed by atoms with van der Waals surface area (Å²) in [5.41, 5.74) is 16.0. The van der Waals surface area contributed by atoms with Crippen LogP contribution in [-0.2, 0) is 0 Å². The highest BCUT2D eigenvalue weighted by molar-refractivity contribution is 14.1. The molecule has 0 aliphatic carbocycles. The van der Waals surface area contributed by atoms with Gasteiger partial charge in [-0.3, -0.25) is 0 Å². The van der Waals surface area contributed by atoms with Crippen LogP contribution in [0.25, 0.3) is 22.3 Å². The molecule has 0 amide bonds. The summed E-state index contributed by atoms with van der Waals surface area (Å²) in [4.78, 5) is 2.32. The molecule has 214 valence electrons. The van der Waals surface area contributed by atoms with E-state index in [1.165, 1.54) is 59.2 Å². The smallest absolute Gasteiger partial charge is 0.119 e. The second-order valence-corrected chi connectivity index (χ2v) is 12.2. The minimum Gasteiger partial charge on any atom is -0.497 e. The van der Waals surface area contributed by atoms with Crippen LogP contribution in [-0.4, -0.2) is 14.2 Å². The summed E-state index contributed by atoms with van der Waals surface area (Å²) in [6, 6.07) is 30.4. The van der Waals surface area contributed by atoms with Gasteiger partial charge in [0.05, 0.1) is 14.2 Å². The van der Waals surface area contributed by atoms with Crippen LogP contribution in [0.5, 0.6) is 11.5 Å². The first-order valence-corrected chi connectivity index (χ1v) is 15.3. The molecular weight excluding hydrogens is 629 g/mol. The largest absolute Gasteiger partial charge is 0.497 e. The van der Waals surface area contributed by atoms with Crippen LogP contribution in [0.4, 0.5) is 17.1 Å². The van der Waals surface area contributed by atoms with Crippen LogP contribution in [0, 0.1) is 45.1 Å². The van der Waals surface area contributed by atoms with Crippen LogP contribution in [0.2, 0.25) is 0 Å². The molecule has 0 N–H and O–H groups in total. The Labute approximate surface area is 264 Å². The molecule has 3 nitrogen and oxygen atoms in total. The Kier molecular flexibility index (Phi) is 8.65. The zero-order valence-electron chi connectivity index (χ0n) is 25.7. The van der Waals surface area contributed by atoms with Crippen LogP contribution < -0.4 is 14.4 Å². The third kappa shape index (κ3) is 5.78. The summed E-state index contributed by atoms with van der Waals surface area (Å²) in [6.45, 7) is 13.3. The van der Waals surface area contributed by atoms with Gasteiger partial charge in [0.15, 0.2) is 0 Å². The Bertz CT molecular complexity index is 1580. The molecule has 0 bridgehead atoms. The van der Waals surface area contributed by atoms with Crippen LogP contribution in [0.3, 0.4) is 0 Å². The first-order chi connectivity index (χ1) is 20.1. The van der Waals surface area contributed by atoms with Crippen molar-refractivity contribution in [1.29, 1.82) is 0 Å². The molecule has 0 unspecified atom stereocenters. The van der Waals surface area contributed by atoms with Gasteiger partial charge in [0, 0.05) is 20.6 Å². The van der Waals surface area contributed by atoms with Crippen molar-refractivity contribution in [3.63, 3.8) is 0 Å². The predicted octanol–water partition coefficient (Wildman–Crippen LogP) is 11.0. The van der Waals surface area contributed by atoms with Gasteiger partial charge in [0.2, 0.25) is 0 Å². The van der Waals surface area contributed by atoms with Crippen molar-refractivity contribution in [2.24, 2.45) is 0 Å². The maximum Gasteiger partial charge on any atom is 0.119 e. The number of anilines is 3. The van der Waals surface area contributed by atoms with E-state index >= 15 is 0 Å². The van der Waals surface area contributed by atoms with E-state index in [0.29, 0.717) is 0 Å². The van der Waals surface area contributed by atoms with Gasteiger partial charge in [-0.15, -0.1) is 0 Å². The Morgan fingerprint density at radius 2 is 0.810 bits per heavy atom. The van der Waals surface area contributed by atoms with Gasteiger partial charge in [-0.25, -0.2) is 0 Å². The lowest BCUT2D eigenvalue weighted by Crippen LogP contribution is -2.11. The van der Waals surface area contributed by atoms with E-state index in [9.17, 15) is 0 Å². The molecule has 0 aliphatic heterocycles. The molecule has 0 atom stereocenters. The molecule has 5 aromatic rings. The topological polar surface area (TPSA) is 21.7 Å². The monoisotopic (exact) mass is 667 g/mol. The molecule has 4 heteroatoms. The van der Waals surface area contributed by atoms with Gasteiger partial charge >= 0.3 is 0 Å². The number of aryl methyl sites for hydroxylation is 6. The SMILES string of the molecule is COc1ccc(N(c2ccc(OC)cc2)c2cc(-c3c(C)cc(C)cc3C)c(I)c(-c3c(C)cc(C)cc3C)c2)cc1. The highest BCUT2D eigenvalue weighted by Crippen LogP contribution is 2.45. The number of ether oxygens (including phenoxy) is 2. The van der Waals surface area contributed by atoms with Gasteiger partial charge in [0.25, 0.3) is 0 Å². The van der Waals surface area contributed by atoms with Crippen LogP contribution >= 0.6 is 22.6 Å². The van der Waals surface area contributed by atoms with E-state index in [0.717, 1.165) is 28.6 Å². The molecular formula is C38H38INO2. The molecule has 0 saturated heterocycles.